The number of rotatable bonds is 11. The average Bonchev–Trinajstić information content (AvgIpc) is 3.34. The Balaban J connectivity index is 1.49. The second-order valence-corrected chi connectivity index (χ2v) is 7.64. The highest BCUT2D eigenvalue weighted by Gasteiger charge is 2.09. The molecule has 0 aliphatic heterocycles. The highest BCUT2D eigenvalue weighted by molar-refractivity contribution is 5.97. The van der Waals surface area contributed by atoms with Crippen molar-refractivity contribution in [3.05, 3.63) is 83.9 Å². The van der Waals surface area contributed by atoms with Crippen LogP contribution in [0, 0.1) is 0 Å². The second kappa shape index (κ2) is 11.8. The SMILES string of the molecule is CCN(CC)Cc1ccc(CNC(=O)c2cccc(NC(=O)CCn3ccnc3)c2)cc1. The normalized spacial score (nSPS) is 10.8. The number of aromatic nitrogens is 2. The Morgan fingerprint density at radius 1 is 1.03 bits per heavy atom. The molecule has 0 unspecified atom stereocenters. The van der Waals surface area contributed by atoms with Gasteiger partial charge in [0.15, 0.2) is 0 Å². The van der Waals surface area contributed by atoms with Gasteiger partial charge in [-0.25, -0.2) is 4.98 Å². The zero-order chi connectivity index (χ0) is 22.8. The minimum Gasteiger partial charge on any atom is -0.348 e. The summed E-state index contributed by atoms with van der Waals surface area (Å²) in [5.74, 6) is -0.284. The number of benzene rings is 2. The van der Waals surface area contributed by atoms with Crippen LogP contribution in [0.25, 0.3) is 0 Å². The van der Waals surface area contributed by atoms with E-state index in [2.05, 4.69) is 58.6 Å². The van der Waals surface area contributed by atoms with Crippen LogP contribution < -0.4 is 10.6 Å². The predicted molar refractivity (Wildman–Crippen MR) is 126 cm³/mol. The highest BCUT2D eigenvalue weighted by Crippen LogP contribution is 2.12. The molecule has 7 heteroatoms. The average molecular weight is 434 g/mol. The van der Waals surface area contributed by atoms with Crippen molar-refractivity contribution >= 4 is 17.5 Å². The molecule has 0 radical (unpaired) electrons. The molecule has 0 fully saturated rings. The maximum Gasteiger partial charge on any atom is 0.251 e. The van der Waals surface area contributed by atoms with E-state index >= 15 is 0 Å². The van der Waals surface area contributed by atoms with E-state index in [4.69, 9.17) is 0 Å². The molecule has 0 aliphatic carbocycles. The van der Waals surface area contributed by atoms with Gasteiger partial charge >= 0.3 is 0 Å². The molecule has 0 spiro atoms. The second-order valence-electron chi connectivity index (χ2n) is 7.64. The summed E-state index contributed by atoms with van der Waals surface area (Å²) in [5.41, 5.74) is 3.43. The van der Waals surface area contributed by atoms with Gasteiger partial charge in [-0.3, -0.25) is 14.5 Å². The first-order valence-corrected chi connectivity index (χ1v) is 11.0. The maximum atomic E-state index is 12.6. The molecule has 1 heterocycles. The fraction of sp³-hybridized carbons (Fsp3) is 0.320. The third kappa shape index (κ3) is 7.06. The number of carbonyl (C=O) groups is 2. The van der Waals surface area contributed by atoms with Crippen LogP contribution in [0.1, 0.15) is 41.8 Å². The van der Waals surface area contributed by atoms with Crippen molar-refractivity contribution in [3.8, 4) is 0 Å². The molecule has 1 aromatic heterocycles. The zero-order valence-corrected chi connectivity index (χ0v) is 18.8. The van der Waals surface area contributed by atoms with E-state index in [0.717, 1.165) is 25.2 Å². The smallest absolute Gasteiger partial charge is 0.251 e. The van der Waals surface area contributed by atoms with Crippen molar-refractivity contribution in [2.24, 2.45) is 0 Å². The zero-order valence-electron chi connectivity index (χ0n) is 18.8. The van der Waals surface area contributed by atoms with E-state index in [1.165, 1.54) is 5.56 Å². The maximum absolute atomic E-state index is 12.6. The first kappa shape index (κ1) is 23.2. The third-order valence-corrected chi connectivity index (χ3v) is 5.34. The third-order valence-electron chi connectivity index (χ3n) is 5.34. The van der Waals surface area contributed by atoms with Crippen LogP contribution >= 0.6 is 0 Å². The summed E-state index contributed by atoms with van der Waals surface area (Å²) in [4.78, 5) is 31.1. The molecule has 0 bridgehead atoms. The van der Waals surface area contributed by atoms with Gasteiger partial charge in [0.1, 0.15) is 0 Å². The molecule has 0 saturated heterocycles. The summed E-state index contributed by atoms with van der Waals surface area (Å²) in [5, 5.41) is 5.80. The van der Waals surface area contributed by atoms with Crippen LogP contribution in [0.5, 0.6) is 0 Å². The highest BCUT2D eigenvalue weighted by atomic mass is 16.2. The lowest BCUT2D eigenvalue weighted by Gasteiger charge is -2.18. The number of nitrogens with zero attached hydrogens (tertiary/aromatic N) is 3. The van der Waals surface area contributed by atoms with Crippen LogP contribution in [0.2, 0.25) is 0 Å². The van der Waals surface area contributed by atoms with E-state index in [9.17, 15) is 9.59 Å². The Labute approximate surface area is 189 Å². The number of nitrogens with one attached hydrogen (secondary N) is 2. The molecule has 2 N–H and O–H groups in total. The number of carbonyl (C=O) groups excluding carboxylic acids is 2. The number of hydrogen-bond donors (Lipinski definition) is 2. The van der Waals surface area contributed by atoms with E-state index < -0.39 is 0 Å². The van der Waals surface area contributed by atoms with Gasteiger partial charge in [0, 0.05) is 49.7 Å². The largest absolute Gasteiger partial charge is 0.348 e. The van der Waals surface area contributed by atoms with Gasteiger partial charge in [-0.05, 0) is 42.4 Å². The van der Waals surface area contributed by atoms with Gasteiger partial charge in [0.25, 0.3) is 5.91 Å². The Hall–Kier alpha value is -3.45. The van der Waals surface area contributed by atoms with E-state index in [0.29, 0.717) is 30.8 Å². The molecule has 2 amide bonds. The van der Waals surface area contributed by atoms with Gasteiger partial charge in [-0.15, -0.1) is 0 Å². The lowest BCUT2D eigenvalue weighted by atomic mass is 10.1. The van der Waals surface area contributed by atoms with Crippen molar-refractivity contribution < 1.29 is 9.59 Å². The summed E-state index contributed by atoms with van der Waals surface area (Å²) in [6.07, 6.45) is 5.51. The van der Waals surface area contributed by atoms with Crippen LogP contribution in [0.4, 0.5) is 5.69 Å². The number of hydrogen-bond acceptors (Lipinski definition) is 4. The quantitative estimate of drug-likeness (QED) is 0.483. The van der Waals surface area contributed by atoms with Crippen LogP contribution in [-0.4, -0.2) is 39.4 Å². The van der Waals surface area contributed by atoms with Crippen molar-refractivity contribution in [2.45, 2.75) is 39.9 Å². The molecule has 3 rings (SSSR count). The molecule has 0 atom stereocenters. The van der Waals surface area contributed by atoms with Crippen molar-refractivity contribution in [1.82, 2.24) is 19.8 Å². The first-order chi connectivity index (χ1) is 15.6. The summed E-state index contributed by atoms with van der Waals surface area (Å²) >= 11 is 0. The van der Waals surface area contributed by atoms with Crippen molar-refractivity contribution in [3.63, 3.8) is 0 Å². The topological polar surface area (TPSA) is 79.3 Å². The number of amides is 2. The van der Waals surface area contributed by atoms with E-state index in [-0.39, 0.29) is 11.8 Å². The van der Waals surface area contributed by atoms with Gasteiger partial charge in [0.2, 0.25) is 5.91 Å². The Bertz CT molecular complexity index is 995. The van der Waals surface area contributed by atoms with Gasteiger partial charge in [-0.2, -0.15) is 0 Å². The summed E-state index contributed by atoms with van der Waals surface area (Å²) < 4.78 is 1.85. The lowest BCUT2D eigenvalue weighted by molar-refractivity contribution is -0.116. The van der Waals surface area contributed by atoms with Crippen LogP contribution in [0.3, 0.4) is 0 Å². The number of aryl methyl sites for hydroxylation is 1. The fourth-order valence-electron chi connectivity index (χ4n) is 3.36. The molecule has 2 aromatic carbocycles. The number of anilines is 1. The standard InChI is InChI=1S/C25H31N5O2/c1-3-29(4-2)18-21-10-8-20(9-11-21)17-27-25(32)22-6-5-7-23(16-22)28-24(31)12-14-30-15-13-26-19-30/h5-11,13,15-16,19H,3-4,12,14,17-18H2,1-2H3,(H,27,32)(H,28,31). The van der Waals surface area contributed by atoms with Gasteiger partial charge in [0.05, 0.1) is 6.33 Å². The van der Waals surface area contributed by atoms with E-state index in [1.807, 2.05) is 10.8 Å². The molecule has 0 aliphatic rings. The summed E-state index contributed by atoms with van der Waals surface area (Å²) in [6, 6.07) is 15.3. The Kier molecular flexibility index (Phi) is 8.57. The molecular formula is C25H31N5O2. The van der Waals surface area contributed by atoms with Crippen molar-refractivity contribution in [2.75, 3.05) is 18.4 Å². The number of imidazole rings is 1. The van der Waals surface area contributed by atoms with Gasteiger partial charge < -0.3 is 15.2 Å². The lowest BCUT2D eigenvalue weighted by Crippen LogP contribution is -2.23. The monoisotopic (exact) mass is 433 g/mol. The minimum absolute atomic E-state index is 0.110. The summed E-state index contributed by atoms with van der Waals surface area (Å²) in [6.45, 7) is 8.31. The molecule has 7 nitrogen and oxygen atoms in total. The van der Waals surface area contributed by atoms with Crippen molar-refractivity contribution in [1.29, 1.82) is 0 Å². The first-order valence-electron chi connectivity index (χ1n) is 11.0. The molecule has 0 saturated carbocycles. The fourth-order valence-corrected chi connectivity index (χ4v) is 3.36. The molecule has 3 aromatic rings. The molecular weight excluding hydrogens is 402 g/mol. The molecule has 32 heavy (non-hydrogen) atoms. The molecule has 168 valence electrons. The Morgan fingerprint density at radius 2 is 1.78 bits per heavy atom. The summed E-state index contributed by atoms with van der Waals surface area (Å²) in [7, 11) is 0. The van der Waals surface area contributed by atoms with E-state index in [1.54, 1.807) is 36.8 Å². The minimum atomic E-state index is -0.174. The Morgan fingerprint density at radius 3 is 2.47 bits per heavy atom. The van der Waals surface area contributed by atoms with Crippen LogP contribution in [0.15, 0.2) is 67.3 Å². The van der Waals surface area contributed by atoms with Crippen LogP contribution in [-0.2, 0) is 24.4 Å². The predicted octanol–water partition coefficient (Wildman–Crippen LogP) is 3.68. The van der Waals surface area contributed by atoms with Gasteiger partial charge in [-0.1, -0.05) is 44.2 Å².